The van der Waals surface area contributed by atoms with E-state index in [1.54, 1.807) is 25.1 Å². The Morgan fingerprint density at radius 3 is 2.24 bits per heavy atom. The molecule has 0 heterocycles. The molecule has 1 atom stereocenters. The van der Waals surface area contributed by atoms with Crippen molar-refractivity contribution in [2.45, 2.75) is 52.6 Å². The van der Waals surface area contributed by atoms with Crippen LogP contribution in [-0.2, 0) is 26.2 Å². The minimum atomic E-state index is -3.83. The highest BCUT2D eigenvalue weighted by Gasteiger charge is 2.31. The second kappa shape index (κ2) is 12.0. The fraction of sp³-hybridized carbons (Fsp3) is 0.440. The maximum absolute atomic E-state index is 14.4. The van der Waals surface area contributed by atoms with Crippen molar-refractivity contribution in [3.8, 4) is 0 Å². The first kappa shape index (κ1) is 27.3. The minimum Gasteiger partial charge on any atom is -0.354 e. The van der Waals surface area contributed by atoms with Crippen molar-refractivity contribution < 1.29 is 22.4 Å². The average Bonchev–Trinajstić information content (AvgIpc) is 2.79. The van der Waals surface area contributed by atoms with Crippen LogP contribution in [0, 0.1) is 5.82 Å². The minimum absolute atomic E-state index is 0.0174. The highest BCUT2D eigenvalue weighted by Crippen LogP contribution is 2.29. The van der Waals surface area contributed by atoms with Gasteiger partial charge in [0.25, 0.3) is 0 Å². The van der Waals surface area contributed by atoms with E-state index in [4.69, 9.17) is 0 Å². The molecule has 7 nitrogen and oxygen atoms in total. The summed E-state index contributed by atoms with van der Waals surface area (Å²) in [5, 5.41) is 2.75. The van der Waals surface area contributed by atoms with Gasteiger partial charge in [0.15, 0.2) is 0 Å². The number of nitrogens with one attached hydrogen (secondary N) is 1. The highest BCUT2D eigenvalue weighted by atomic mass is 32.2. The van der Waals surface area contributed by atoms with E-state index in [1.807, 2.05) is 32.9 Å². The number of hydrogen-bond acceptors (Lipinski definition) is 4. The molecule has 1 N–H and O–H groups in total. The summed E-state index contributed by atoms with van der Waals surface area (Å²) in [4.78, 5) is 27.4. The predicted octanol–water partition coefficient (Wildman–Crippen LogP) is 3.66. The molecule has 2 aromatic rings. The van der Waals surface area contributed by atoms with Crippen molar-refractivity contribution in [2.75, 3.05) is 23.7 Å². The standard InChI is InChI=1S/C25H34FN3O4S/c1-6-15-27-25(31)19(4)28(16-20-11-7-9-13-22(20)26)24(30)17-29(34(5,32)33)23-14-10-8-12-21(23)18(2)3/h7-14,18-19H,6,15-17H2,1-5H3,(H,27,31)/t19-/m1/s1. The summed E-state index contributed by atoms with van der Waals surface area (Å²) >= 11 is 0. The second-order valence-corrected chi connectivity index (χ2v) is 10.5. The Hall–Kier alpha value is -2.94. The van der Waals surface area contributed by atoms with Crippen molar-refractivity contribution in [2.24, 2.45) is 0 Å². The molecule has 0 aliphatic heterocycles. The quantitative estimate of drug-likeness (QED) is 0.520. The van der Waals surface area contributed by atoms with E-state index >= 15 is 0 Å². The smallest absolute Gasteiger partial charge is 0.244 e. The van der Waals surface area contributed by atoms with Crippen LogP contribution in [0.4, 0.5) is 10.1 Å². The number of halogens is 1. The van der Waals surface area contributed by atoms with Crippen LogP contribution in [0.25, 0.3) is 0 Å². The first-order valence-electron chi connectivity index (χ1n) is 11.3. The van der Waals surface area contributed by atoms with Crippen LogP contribution in [0.3, 0.4) is 0 Å². The molecule has 186 valence electrons. The zero-order chi connectivity index (χ0) is 25.5. The normalized spacial score (nSPS) is 12.3. The molecule has 34 heavy (non-hydrogen) atoms. The Bertz CT molecular complexity index is 1100. The largest absolute Gasteiger partial charge is 0.354 e. The number of sulfonamides is 1. The number of benzene rings is 2. The van der Waals surface area contributed by atoms with Gasteiger partial charge in [0.05, 0.1) is 11.9 Å². The topological polar surface area (TPSA) is 86.8 Å². The van der Waals surface area contributed by atoms with Crippen LogP contribution in [-0.4, -0.2) is 50.5 Å². The Kier molecular flexibility index (Phi) is 9.61. The molecule has 0 saturated carbocycles. The van der Waals surface area contributed by atoms with Gasteiger partial charge in [-0.05, 0) is 37.0 Å². The summed E-state index contributed by atoms with van der Waals surface area (Å²) in [7, 11) is -3.83. The third-order valence-corrected chi connectivity index (χ3v) is 6.65. The number of para-hydroxylation sites is 1. The van der Waals surface area contributed by atoms with E-state index in [0.29, 0.717) is 18.7 Å². The third-order valence-electron chi connectivity index (χ3n) is 5.52. The van der Waals surface area contributed by atoms with Gasteiger partial charge in [0.2, 0.25) is 21.8 Å². The maximum atomic E-state index is 14.4. The molecule has 2 rings (SSSR count). The first-order valence-corrected chi connectivity index (χ1v) is 13.2. The SMILES string of the molecule is CCCNC(=O)[C@@H](C)N(Cc1ccccc1F)C(=O)CN(c1ccccc1C(C)C)S(C)(=O)=O. The van der Waals surface area contributed by atoms with Crippen molar-refractivity contribution in [1.82, 2.24) is 10.2 Å². The number of hydrogen-bond donors (Lipinski definition) is 1. The lowest BCUT2D eigenvalue weighted by atomic mass is 10.0. The summed E-state index contributed by atoms with van der Waals surface area (Å²) in [6, 6.07) is 12.1. The van der Waals surface area contributed by atoms with E-state index in [2.05, 4.69) is 5.32 Å². The number of rotatable bonds is 11. The van der Waals surface area contributed by atoms with Gasteiger partial charge in [-0.3, -0.25) is 13.9 Å². The molecule has 0 unspecified atom stereocenters. The Balaban J connectivity index is 2.45. The number of amides is 2. The summed E-state index contributed by atoms with van der Waals surface area (Å²) in [5.74, 6) is -1.48. The zero-order valence-corrected chi connectivity index (χ0v) is 21.2. The van der Waals surface area contributed by atoms with Gasteiger partial charge in [-0.1, -0.05) is 57.2 Å². The van der Waals surface area contributed by atoms with E-state index in [-0.39, 0.29) is 23.9 Å². The Labute approximate surface area is 202 Å². The van der Waals surface area contributed by atoms with Gasteiger partial charge in [-0.2, -0.15) is 0 Å². The van der Waals surface area contributed by atoms with Crippen LogP contribution in [0.15, 0.2) is 48.5 Å². The van der Waals surface area contributed by atoms with Gasteiger partial charge in [-0.15, -0.1) is 0 Å². The molecular formula is C25H34FN3O4S. The molecule has 0 saturated heterocycles. The molecule has 0 aliphatic carbocycles. The van der Waals surface area contributed by atoms with E-state index in [0.717, 1.165) is 16.1 Å². The monoisotopic (exact) mass is 491 g/mol. The molecule has 0 spiro atoms. The molecule has 2 aromatic carbocycles. The van der Waals surface area contributed by atoms with Crippen molar-refractivity contribution in [3.05, 3.63) is 65.5 Å². The molecule has 9 heteroatoms. The fourth-order valence-electron chi connectivity index (χ4n) is 3.59. The van der Waals surface area contributed by atoms with Crippen molar-refractivity contribution >= 4 is 27.5 Å². The van der Waals surface area contributed by atoms with Crippen LogP contribution >= 0.6 is 0 Å². The van der Waals surface area contributed by atoms with E-state index in [9.17, 15) is 22.4 Å². The zero-order valence-electron chi connectivity index (χ0n) is 20.4. The van der Waals surface area contributed by atoms with Crippen molar-refractivity contribution in [3.63, 3.8) is 0 Å². The van der Waals surface area contributed by atoms with E-state index in [1.165, 1.54) is 23.1 Å². The number of anilines is 1. The Morgan fingerprint density at radius 1 is 1.03 bits per heavy atom. The molecule has 0 bridgehead atoms. The van der Waals surface area contributed by atoms with Crippen molar-refractivity contribution in [1.29, 1.82) is 0 Å². The second-order valence-electron chi connectivity index (χ2n) is 8.56. The average molecular weight is 492 g/mol. The lowest BCUT2D eigenvalue weighted by Crippen LogP contribution is -2.51. The van der Waals surface area contributed by atoms with Crippen LogP contribution in [0.5, 0.6) is 0 Å². The summed E-state index contributed by atoms with van der Waals surface area (Å²) in [6.45, 7) is 7.08. The van der Waals surface area contributed by atoms with Gasteiger partial charge in [-0.25, -0.2) is 12.8 Å². The number of carbonyl (C=O) groups is 2. The number of nitrogens with zero attached hydrogens (tertiary/aromatic N) is 2. The molecule has 0 aromatic heterocycles. The predicted molar refractivity (Wildman–Crippen MR) is 132 cm³/mol. The number of carbonyl (C=O) groups excluding carboxylic acids is 2. The highest BCUT2D eigenvalue weighted by molar-refractivity contribution is 7.92. The molecule has 0 radical (unpaired) electrons. The van der Waals surface area contributed by atoms with Gasteiger partial charge >= 0.3 is 0 Å². The van der Waals surface area contributed by atoms with E-state index < -0.39 is 34.3 Å². The first-order chi connectivity index (χ1) is 16.0. The van der Waals surface area contributed by atoms with Gasteiger partial charge < -0.3 is 10.2 Å². The molecular weight excluding hydrogens is 457 g/mol. The Morgan fingerprint density at radius 2 is 1.65 bits per heavy atom. The lowest BCUT2D eigenvalue weighted by Gasteiger charge is -2.32. The van der Waals surface area contributed by atoms with Gasteiger partial charge in [0.1, 0.15) is 18.4 Å². The van der Waals surface area contributed by atoms with Gasteiger partial charge in [0, 0.05) is 18.7 Å². The summed E-state index contributed by atoms with van der Waals surface area (Å²) in [5.41, 5.74) is 1.41. The van der Waals surface area contributed by atoms with Crippen LogP contribution in [0.2, 0.25) is 0 Å². The third kappa shape index (κ3) is 7.03. The summed E-state index contributed by atoms with van der Waals surface area (Å²) < 4.78 is 40.9. The summed E-state index contributed by atoms with van der Waals surface area (Å²) in [6.07, 6.45) is 1.75. The molecule has 0 aliphatic rings. The fourth-order valence-corrected chi connectivity index (χ4v) is 4.45. The van der Waals surface area contributed by atoms with Crippen LogP contribution < -0.4 is 9.62 Å². The molecule has 2 amide bonds. The maximum Gasteiger partial charge on any atom is 0.244 e. The molecule has 0 fully saturated rings. The lowest BCUT2D eigenvalue weighted by molar-refractivity contribution is -0.139. The van der Waals surface area contributed by atoms with Crippen LogP contribution in [0.1, 0.15) is 51.2 Å².